The van der Waals surface area contributed by atoms with E-state index in [1.807, 2.05) is 0 Å². The zero-order chi connectivity index (χ0) is 18.1. The summed E-state index contributed by atoms with van der Waals surface area (Å²) in [5.41, 5.74) is -2.16. The Balaban J connectivity index is 2.20. The van der Waals surface area contributed by atoms with Gasteiger partial charge in [-0.15, -0.1) is 0 Å². The Kier molecular flexibility index (Phi) is 3.65. The number of nitrogens with zero attached hydrogens (tertiary/aromatic N) is 5. The standard InChI is InChI=1S/C12H6N6O7/c19-16(20)7-3-1-2-6(4-7)13-10-8(17(21)22)5-9(18(23)24)11-12(10)15-25-14-11/h1-5,13H. The molecule has 3 rings (SSSR count). The van der Waals surface area contributed by atoms with E-state index in [0.717, 1.165) is 6.07 Å². The van der Waals surface area contributed by atoms with Gasteiger partial charge >= 0.3 is 11.4 Å². The predicted molar refractivity (Wildman–Crippen MR) is 81.5 cm³/mol. The quantitative estimate of drug-likeness (QED) is 0.532. The molecule has 25 heavy (non-hydrogen) atoms. The fourth-order valence-corrected chi connectivity index (χ4v) is 2.16. The van der Waals surface area contributed by atoms with E-state index >= 15 is 0 Å². The second-order valence-corrected chi connectivity index (χ2v) is 4.70. The van der Waals surface area contributed by atoms with Crippen LogP contribution in [-0.2, 0) is 0 Å². The van der Waals surface area contributed by atoms with Gasteiger partial charge in [-0.25, -0.2) is 4.63 Å². The van der Waals surface area contributed by atoms with Gasteiger partial charge in [0.25, 0.3) is 5.69 Å². The highest BCUT2D eigenvalue weighted by molar-refractivity contribution is 6.00. The molecule has 1 N–H and O–H groups in total. The van der Waals surface area contributed by atoms with Crippen LogP contribution in [-0.4, -0.2) is 25.1 Å². The normalized spacial score (nSPS) is 10.6. The highest BCUT2D eigenvalue weighted by Crippen LogP contribution is 2.39. The highest BCUT2D eigenvalue weighted by atomic mass is 16.6. The van der Waals surface area contributed by atoms with E-state index in [-0.39, 0.29) is 28.1 Å². The van der Waals surface area contributed by atoms with Crippen LogP contribution in [0, 0.1) is 30.3 Å². The number of aromatic nitrogens is 2. The van der Waals surface area contributed by atoms with Crippen molar-refractivity contribution in [1.82, 2.24) is 10.3 Å². The molecule has 0 fully saturated rings. The van der Waals surface area contributed by atoms with E-state index in [0.29, 0.717) is 6.07 Å². The molecule has 0 aliphatic rings. The number of nitro benzene ring substituents is 3. The molecule has 2 aromatic carbocycles. The summed E-state index contributed by atoms with van der Waals surface area (Å²) in [7, 11) is 0. The monoisotopic (exact) mass is 346 g/mol. The van der Waals surface area contributed by atoms with Crippen LogP contribution in [0.5, 0.6) is 0 Å². The van der Waals surface area contributed by atoms with Crippen LogP contribution in [0.2, 0.25) is 0 Å². The van der Waals surface area contributed by atoms with Crippen LogP contribution in [0.4, 0.5) is 28.4 Å². The molecule has 3 aromatic rings. The van der Waals surface area contributed by atoms with Crippen molar-refractivity contribution >= 4 is 39.5 Å². The van der Waals surface area contributed by atoms with Gasteiger partial charge in [-0.05, 0) is 16.4 Å². The van der Waals surface area contributed by atoms with Gasteiger partial charge in [-0.2, -0.15) is 0 Å². The fraction of sp³-hybridized carbons (Fsp3) is 0. The molecule has 126 valence electrons. The average molecular weight is 346 g/mol. The molecule has 1 aromatic heterocycles. The lowest BCUT2D eigenvalue weighted by Crippen LogP contribution is -2.01. The van der Waals surface area contributed by atoms with Crippen LogP contribution in [0.15, 0.2) is 35.0 Å². The minimum absolute atomic E-state index is 0.149. The van der Waals surface area contributed by atoms with Crippen molar-refractivity contribution < 1.29 is 19.4 Å². The SMILES string of the molecule is O=[N+]([O-])c1cccc(Nc2c([N+](=O)[O-])cc([N+](=O)[O-])c3nonc23)c1. The van der Waals surface area contributed by atoms with Crippen molar-refractivity contribution in [2.75, 3.05) is 5.32 Å². The van der Waals surface area contributed by atoms with Crippen LogP contribution in [0.3, 0.4) is 0 Å². The first-order chi connectivity index (χ1) is 11.9. The molecule has 0 atom stereocenters. The maximum atomic E-state index is 11.3. The Labute approximate surface area is 136 Å². The lowest BCUT2D eigenvalue weighted by molar-refractivity contribution is -0.392. The van der Waals surface area contributed by atoms with Gasteiger partial charge in [-0.3, -0.25) is 30.3 Å². The molecule has 0 amide bonds. The van der Waals surface area contributed by atoms with Gasteiger partial charge in [0.2, 0.25) is 5.52 Å². The molecule has 1 heterocycles. The third-order valence-corrected chi connectivity index (χ3v) is 3.22. The Morgan fingerprint density at radius 1 is 0.880 bits per heavy atom. The van der Waals surface area contributed by atoms with Crippen molar-refractivity contribution in [1.29, 1.82) is 0 Å². The van der Waals surface area contributed by atoms with Crippen LogP contribution < -0.4 is 5.32 Å². The van der Waals surface area contributed by atoms with Gasteiger partial charge in [0, 0.05) is 17.8 Å². The first-order valence-corrected chi connectivity index (χ1v) is 6.48. The molecule has 0 aliphatic heterocycles. The molecule has 13 heteroatoms. The minimum atomic E-state index is -0.851. The number of fused-ring (bicyclic) bond motifs is 1. The summed E-state index contributed by atoms with van der Waals surface area (Å²) in [4.78, 5) is 30.8. The number of nitro groups is 3. The van der Waals surface area contributed by atoms with Crippen molar-refractivity contribution in [2.24, 2.45) is 0 Å². The fourth-order valence-electron chi connectivity index (χ4n) is 2.16. The lowest BCUT2D eigenvalue weighted by atomic mass is 10.2. The molecular weight excluding hydrogens is 340 g/mol. The number of nitrogens with one attached hydrogen (secondary N) is 1. The Hall–Kier alpha value is -4.16. The van der Waals surface area contributed by atoms with Crippen molar-refractivity contribution in [3.8, 4) is 0 Å². The van der Waals surface area contributed by atoms with Crippen molar-refractivity contribution in [2.45, 2.75) is 0 Å². The van der Waals surface area contributed by atoms with E-state index in [1.165, 1.54) is 18.2 Å². The zero-order valence-corrected chi connectivity index (χ0v) is 12.0. The maximum Gasteiger partial charge on any atom is 0.307 e. The topological polar surface area (TPSA) is 180 Å². The molecule has 13 nitrogen and oxygen atoms in total. The molecule has 0 spiro atoms. The summed E-state index contributed by atoms with van der Waals surface area (Å²) in [6.45, 7) is 0. The van der Waals surface area contributed by atoms with Gasteiger partial charge < -0.3 is 5.32 Å². The summed E-state index contributed by atoms with van der Waals surface area (Å²) >= 11 is 0. The lowest BCUT2D eigenvalue weighted by Gasteiger charge is -2.07. The van der Waals surface area contributed by atoms with E-state index in [4.69, 9.17) is 0 Å². The van der Waals surface area contributed by atoms with E-state index in [9.17, 15) is 30.3 Å². The summed E-state index contributed by atoms with van der Waals surface area (Å²) < 4.78 is 4.46. The minimum Gasteiger partial charge on any atom is -0.348 e. The number of non-ortho nitro benzene ring substituents is 2. The number of hydrogen-bond acceptors (Lipinski definition) is 10. The first kappa shape index (κ1) is 15.7. The third kappa shape index (κ3) is 2.76. The second kappa shape index (κ2) is 5.80. The van der Waals surface area contributed by atoms with Crippen LogP contribution in [0.1, 0.15) is 0 Å². The zero-order valence-electron chi connectivity index (χ0n) is 12.0. The second-order valence-electron chi connectivity index (χ2n) is 4.70. The van der Waals surface area contributed by atoms with Crippen molar-refractivity contribution in [3.63, 3.8) is 0 Å². The van der Waals surface area contributed by atoms with Gasteiger partial charge in [-0.1, -0.05) is 6.07 Å². The molecule has 0 radical (unpaired) electrons. The van der Waals surface area contributed by atoms with Gasteiger partial charge in [0.1, 0.15) is 5.69 Å². The van der Waals surface area contributed by atoms with Crippen molar-refractivity contribution in [3.05, 3.63) is 60.7 Å². The summed E-state index contributed by atoms with van der Waals surface area (Å²) in [5, 5.41) is 42.6. The summed E-state index contributed by atoms with van der Waals surface area (Å²) in [6.07, 6.45) is 0. The molecule has 0 aliphatic carbocycles. The number of benzene rings is 2. The van der Waals surface area contributed by atoms with E-state index in [2.05, 4.69) is 20.3 Å². The Morgan fingerprint density at radius 3 is 2.20 bits per heavy atom. The van der Waals surface area contributed by atoms with Gasteiger partial charge in [0.15, 0.2) is 5.52 Å². The molecule has 0 saturated carbocycles. The number of hydrogen-bond donors (Lipinski definition) is 1. The van der Waals surface area contributed by atoms with Crippen LogP contribution >= 0.6 is 0 Å². The van der Waals surface area contributed by atoms with Gasteiger partial charge in [0.05, 0.1) is 20.8 Å². The largest absolute Gasteiger partial charge is 0.348 e. The van der Waals surface area contributed by atoms with E-state index in [1.54, 1.807) is 0 Å². The smallest absolute Gasteiger partial charge is 0.307 e. The first-order valence-electron chi connectivity index (χ1n) is 6.48. The number of anilines is 2. The summed E-state index contributed by atoms with van der Waals surface area (Å²) in [6, 6.07) is 5.90. The van der Waals surface area contributed by atoms with Crippen LogP contribution in [0.25, 0.3) is 11.0 Å². The molecule has 0 saturated heterocycles. The predicted octanol–water partition coefficient (Wildman–Crippen LogP) is 2.69. The number of rotatable bonds is 5. The maximum absolute atomic E-state index is 11.3. The molecule has 0 unspecified atom stereocenters. The average Bonchev–Trinajstić information content (AvgIpc) is 3.04. The van der Waals surface area contributed by atoms with E-state index < -0.39 is 26.1 Å². The highest BCUT2D eigenvalue weighted by Gasteiger charge is 2.29. The third-order valence-electron chi connectivity index (χ3n) is 3.22. The summed E-state index contributed by atoms with van der Waals surface area (Å²) in [5.74, 6) is 0. The molecular formula is C12H6N6O7. The Morgan fingerprint density at radius 2 is 1.56 bits per heavy atom. The molecule has 0 bridgehead atoms. The Bertz CT molecular complexity index is 1030.